The second-order valence-electron chi connectivity index (χ2n) is 13.8. The summed E-state index contributed by atoms with van der Waals surface area (Å²) in [6.45, 7) is 4.80. The first-order chi connectivity index (χ1) is 22.7. The zero-order valence-corrected chi connectivity index (χ0v) is 30.0. The number of anilines is 1. The van der Waals surface area contributed by atoms with Crippen LogP contribution in [-0.2, 0) is 32.6 Å². The first-order valence-corrected chi connectivity index (χ1v) is 18.7. The van der Waals surface area contributed by atoms with E-state index in [1.807, 2.05) is 18.2 Å². The van der Waals surface area contributed by atoms with Gasteiger partial charge in [-0.3, -0.25) is 9.59 Å². The molecule has 2 aliphatic heterocycles. The third-order valence-electron chi connectivity index (χ3n) is 10.4. The largest absolute Gasteiger partial charge is 0.487 e. The number of hydrogen-bond acceptors (Lipinski definition) is 8. The number of carbonyl (C=O) groups is 2. The summed E-state index contributed by atoms with van der Waals surface area (Å²) in [4.78, 5) is 30.5. The van der Waals surface area contributed by atoms with Crippen molar-refractivity contribution in [2.75, 3.05) is 39.2 Å². The molecule has 2 aromatic carbocycles. The molecular formula is C36H48ClN3O7S. The molecule has 2 aromatic rings. The molecular weight excluding hydrogens is 654 g/mol. The van der Waals surface area contributed by atoms with E-state index in [2.05, 4.69) is 9.62 Å². The summed E-state index contributed by atoms with van der Waals surface area (Å²) in [6, 6.07) is 10.8. The minimum absolute atomic E-state index is 0.0108. The van der Waals surface area contributed by atoms with Gasteiger partial charge in [0.15, 0.2) is 6.10 Å². The molecule has 2 N–H and O–H groups in total. The van der Waals surface area contributed by atoms with Gasteiger partial charge < -0.3 is 24.4 Å². The Morgan fingerprint density at radius 2 is 1.92 bits per heavy atom. The fraction of sp³-hybridized carbons (Fsp3) is 0.556. The molecule has 1 fully saturated rings. The summed E-state index contributed by atoms with van der Waals surface area (Å²) in [7, 11) is 0.638. The molecule has 1 saturated carbocycles. The van der Waals surface area contributed by atoms with Crippen LogP contribution < -0.4 is 14.4 Å². The van der Waals surface area contributed by atoms with Gasteiger partial charge in [-0.25, -0.2) is 13.1 Å². The van der Waals surface area contributed by atoms with Crippen LogP contribution in [0.1, 0.15) is 67.4 Å². The first-order valence-electron chi connectivity index (χ1n) is 16.7. The number of aliphatic hydroxyl groups is 1. The number of allylic oxidation sites excluding steroid dienone is 1. The van der Waals surface area contributed by atoms with Crippen LogP contribution in [0, 0.1) is 17.8 Å². The number of benzene rings is 2. The topological polar surface area (TPSA) is 125 Å². The number of likely N-dealkylation sites (N-methyl/N-ethyl adjacent to an activating group) is 1. The van der Waals surface area contributed by atoms with Crippen molar-refractivity contribution in [2.45, 2.75) is 75.9 Å². The number of halogens is 1. The van der Waals surface area contributed by atoms with Gasteiger partial charge in [-0.15, -0.1) is 0 Å². The quantitative estimate of drug-likeness (QED) is 0.430. The van der Waals surface area contributed by atoms with E-state index in [0.717, 1.165) is 36.8 Å². The Morgan fingerprint density at radius 1 is 1.15 bits per heavy atom. The molecule has 2 heterocycles. The maximum absolute atomic E-state index is 13.5. The van der Waals surface area contributed by atoms with E-state index in [1.165, 1.54) is 12.0 Å². The van der Waals surface area contributed by atoms with Crippen molar-refractivity contribution in [3.63, 3.8) is 0 Å². The third-order valence-corrected chi connectivity index (χ3v) is 12.6. The van der Waals surface area contributed by atoms with Crippen LogP contribution in [0.2, 0.25) is 5.02 Å². The molecule has 2 amide bonds. The number of sulfonamides is 1. The van der Waals surface area contributed by atoms with Gasteiger partial charge in [-0.1, -0.05) is 36.7 Å². The number of nitrogens with one attached hydrogen (secondary N) is 1. The Balaban J connectivity index is 1.61. The minimum atomic E-state index is -4.06. The molecule has 0 saturated heterocycles. The van der Waals surface area contributed by atoms with Gasteiger partial charge in [0, 0.05) is 44.9 Å². The number of fused-ring (bicyclic) bond motifs is 3. The molecule has 48 heavy (non-hydrogen) atoms. The fourth-order valence-electron chi connectivity index (χ4n) is 7.14. The van der Waals surface area contributed by atoms with E-state index in [-0.39, 0.29) is 23.3 Å². The average Bonchev–Trinajstić information content (AvgIpc) is 3.05. The SMILES string of the molecule is CO[C@@H](C(=O)N(C)C)[C@@]1(O)/C=C/C[C@H](C)[C@@H](C)S(=O)(=O)NC(=O)c2ccc3c(c2)N(CCCCc2cc(Cl)ccc2CO3)C[C@@H]2CC[C@H]21. The number of hydrogen-bond donors (Lipinski definition) is 2. The summed E-state index contributed by atoms with van der Waals surface area (Å²) >= 11 is 6.34. The van der Waals surface area contributed by atoms with Gasteiger partial charge in [0.25, 0.3) is 11.8 Å². The lowest BCUT2D eigenvalue weighted by molar-refractivity contribution is -0.168. The molecule has 0 unspecified atom stereocenters. The first kappa shape index (κ1) is 36.2. The molecule has 1 aliphatic carbocycles. The molecule has 0 aromatic heterocycles. The van der Waals surface area contributed by atoms with E-state index in [4.69, 9.17) is 21.1 Å². The van der Waals surface area contributed by atoms with Crippen LogP contribution in [0.3, 0.4) is 0 Å². The number of methoxy groups -OCH3 is 1. The van der Waals surface area contributed by atoms with Gasteiger partial charge in [-0.05, 0) is 105 Å². The van der Waals surface area contributed by atoms with Crippen molar-refractivity contribution < 1.29 is 32.6 Å². The Kier molecular flexibility index (Phi) is 11.1. The molecule has 10 nitrogen and oxygen atoms in total. The third kappa shape index (κ3) is 7.54. The van der Waals surface area contributed by atoms with Crippen molar-refractivity contribution >= 4 is 39.1 Å². The number of nitrogens with zero attached hydrogens (tertiary/aromatic N) is 2. The van der Waals surface area contributed by atoms with E-state index < -0.39 is 38.8 Å². The van der Waals surface area contributed by atoms with E-state index in [0.29, 0.717) is 49.0 Å². The van der Waals surface area contributed by atoms with Crippen LogP contribution >= 0.6 is 11.6 Å². The van der Waals surface area contributed by atoms with Crippen molar-refractivity contribution in [1.82, 2.24) is 9.62 Å². The minimum Gasteiger partial charge on any atom is -0.487 e. The van der Waals surface area contributed by atoms with Gasteiger partial charge in [0.2, 0.25) is 10.0 Å². The van der Waals surface area contributed by atoms with Crippen LogP contribution in [0.4, 0.5) is 5.69 Å². The zero-order valence-electron chi connectivity index (χ0n) is 28.4. The van der Waals surface area contributed by atoms with E-state index in [1.54, 1.807) is 58.3 Å². The zero-order chi connectivity index (χ0) is 34.8. The van der Waals surface area contributed by atoms with Gasteiger partial charge in [0.05, 0.1) is 10.9 Å². The van der Waals surface area contributed by atoms with Crippen LogP contribution in [0.25, 0.3) is 0 Å². The maximum atomic E-state index is 13.5. The lowest BCUT2D eigenvalue weighted by atomic mass is 9.62. The normalized spacial score (nSPS) is 29.0. The van der Waals surface area contributed by atoms with Gasteiger partial charge in [-0.2, -0.15) is 0 Å². The second kappa shape index (κ2) is 14.8. The van der Waals surface area contributed by atoms with E-state index in [9.17, 15) is 23.1 Å². The van der Waals surface area contributed by atoms with Crippen LogP contribution in [-0.4, -0.2) is 81.5 Å². The second-order valence-corrected chi connectivity index (χ2v) is 16.2. The number of carbonyl (C=O) groups excluding carboxylic acids is 2. The highest BCUT2D eigenvalue weighted by Crippen LogP contribution is 2.47. The van der Waals surface area contributed by atoms with Crippen LogP contribution in [0.5, 0.6) is 5.75 Å². The molecule has 2 bridgehead atoms. The van der Waals surface area contributed by atoms with E-state index >= 15 is 0 Å². The Labute approximate surface area is 289 Å². The highest BCUT2D eigenvalue weighted by molar-refractivity contribution is 7.90. The fourth-order valence-corrected chi connectivity index (χ4v) is 8.62. The Hall–Kier alpha value is -3.12. The Bertz CT molecular complexity index is 1650. The number of ether oxygens (including phenoxy) is 2. The maximum Gasteiger partial charge on any atom is 0.264 e. The lowest BCUT2D eigenvalue weighted by Crippen LogP contribution is -2.60. The predicted octanol–water partition coefficient (Wildman–Crippen LogP) is 4.97. The predicted molar refractivity (Wildman–Crippen MR) is 187 cm³/mol. The standard InChI is InChI=1S/C36H48ClN3O7S/c1-23-9-8-17-36(43,33(46-5)35(42)39(3)4)30-15-12-27(30)21-40-18-7-6-10-25-19-29(37)14-11-28(25)22-47-32-16-13-26(20-31(32)40)34(41)38-48(44,45)24(23)2/h8,11,13-14,16-17,19-20,23-24,27,30,33,43H,6-7,9-10,12,15,18,21-22H2,1-5H3,(H,38,41)/b17-8+/t23-,24+,27-,30+,33-,36+/m0/s1. The number of amides is 2. The summed E-state index contributed by atoms with van der Waals surface area (Å²) < 4.78 is 41.3. The highest BCUT2D eigenvalue weighted by Gasteiger charge is 2.53. The van der Waals surface area contributed by atoms with Gasteiger partial charge in [0.1, 0.15) is 18.0 Å². The van der Waals surface area contributed by atoms with Crippen molar-refractivity contribution in [1.29, 1.82) is 0 Å². The molecule has 5 rings (SSSR count). The summed E-state index contributed by atoms with van der Waals surface area (Å²) in [5.74, 6) is -1.22. The Morgan fingerprint density at radius 3 is 2.60 bits per heavy atom. The molecule has 262 valence electrons. The number of aryl methyl sites for hydroxylation is 1. The smallest absolute Gasteiger partial charge is 0.264 e. The van der Waals surface area contributed by atoms with Crippen LogP contribution in [0.15, 0.2) is 48.6 Å². The molecule has 6 atom stereocenters. The summed E-state index contributed by atoms with van der Waals surface area (Å²) in [6.07, 6.45) is 6.59. The molecule has 0 radical (unpaired) electrons. The molecule has 0 spiro atoms. The van der Waals surface area contributed by atoms with Gasteiger partial charge >= 0.3 is 0 Å². The highest BCUT2D eigenvalue weighted by atomic mass is 35.5. The van der Waals surface area contributed by atoms with Crippen molar-refractivity contribution in [2.24, 2.45) is 17.8 Å². The monoisotopic (exact) mass is 701 g/mol. The lowest BCUT2D eigenvalue weighted by Gasteiger charge is -2.50. The summed E-state index contributed by atoms with van der Waals surface area (Å²) in [5, 5.41) is 12.2. The summed E-state index contributed by atoms with van der Waals surface area (Å²) in [5.41, 5.74) is 1.39. The van der Waals surface area contributed by atoms with Crippen molar-refractivity contribution in [3.05, 3.63) is 70.3 Å². The number of rotatable bonds is 3. The molecule has 12 heteroatoms. The van der Waals surface area contributed by atoms with Crippen molar-refractivity contribution in [3.8, 4) is 5.75 Å². The molecule has 3 aliphatic rings. The average molecular weight is 702 g/mol.